The lowest BCUT2D eigenvalue weighted by Gasteiger charge is -2.31. The van der Waals surface area contributed by atoms with Crippen molar-refractivity contribution < 1.29 is 19.1 Å². The van der Waals surface area contributed by atoms with E-state index in [1.807, 2.05) is 36.4 Å². The van der Waals surface area contributed by atoms with E-state index >= 15 is 0 Å². The molecular weight excluding hydrogens is 524 g/mol. The van der Waals surface area contributed by atoms with Crippen molar-refractivity contribution in [1.82, 2.24) is 19.7 Å². The van der Waals surface area contributed by atoms with Crippen molar-refractivity contribution in [2.45, 2.75) is 45.6 Å². The van der Waals surface area contributed by atoms with E-state index in [9.17, 15) is 9.59 Å². The van der Waals surface area contributed by atoms with Gasteiger partial charge in [-0.1, -0.05) is 39.0 Å². The highest BCUT2D eigenvalue weighted by Gasteiger charge is 2.37. The summed E-state index contributed by atoms with van der Waals surface area (Å²) in [6, 6.07) is 16.2. The average Bonchev–Trinajstić information content (AvgIpc) is 3.35. The molecule has 12 nitrogen and oxygen atoms in total. The van der Waals surface area contributed by atoms with Gasteiger partial charge in [-0.05, 0) is 38.1 Å². The van der Waals surface area contributed by atoms with Gasteiger partial charge in [0.15, 0.2) is 17.2 Å². The number of nitrogens with zero attached hydrogens (tertiary/aromatic N) is 4. The molecule has 12 heteroatoms. The number of hydrogen-bond donors (Lipinski definition) is 4. The topological polar surface area (TPSA) is 144 Å². The number of rotatable bonds is 6. The molecule has 2 aromatic heterocycles. The van der Waals surface area contributed by atoms with Crippen LogP contribution in [0.4, 0.5) is 33.6 Å². The second-order valence-electron chi connectivity index (χ2n) is 11.0. The van der Waals surface area contributed by atoms with E-state index in [4.69, 9.17) is 14.6 Å². The number of para-hydroxylation sites is 1. The van der Waals surface area contributed by atoms with Gasteiger partial charge in [-0.2, -0.15) is 5.10 Å². The molecule has 0 unspecified atom stereocenters. The fourth-order valence-corrected chi connectivity index (χ4v) is 4.09. The van der Waals surface area contributed by atoms with Gasteiger partial charge in [0.1, 0.15) is 17.9 Å². The van der Waals surface area contributed by atoms with Gasteiger partial charge in [0.25, 0.3) is 5.91 Å². The van der Waals surface area contributed by atoms with Crippen LogP contribution in [0.2, 0.25) is 0 Å². The summed E-state index contributed by atoms with van der Waals surface area (Å²) >= 11 is 0. The lowest BCUT2D eigenvalue weighted by atomic mass is 9.92. The molecule has 0 atom stereocenters. The SMILES string of the molecule is COc1cc(Nc2ncnc3c2OC(C)(C)C(=O)N3)ccc1NC(=O)Nc1cc(C(C)(C)C)nn1-c1ccccc1. The maximum absolute atomic E-state index is 13.1. The fraction of sp³-hybridized carbons (Fsp3) is 0.276. The predicted octanol–water partition coefficient (Wildman–Crippen LogP) is 5.47. The van der Waals surface area contributed by atoms with Crippen molar-refractivity contribution in [1.29, 1.82) is 0 Å². The number of amides is 3. The van der Waals surface area contributed by atoms with Gasteiger partial charge in [0.2, 0.25) is 5.75 Å². The van der Waals surface area contributed by atoms with Crippen LogP contribution in [0.25, 0.3) is 5.69 Å². The Morgan fingerprint density at radius 1 is 1.05 bits per heavy atom. The average molecular weight is 557 g/mol. The van der Waals surface area contributed by atoms with E-state index in [-0.39, 0.29) is 17.1 Å². The number of carbonyl (C=O) groups is 2. The van der Waals surface area contributed by atoms with Crippen LogP contribution in [0.5, 0.6) is 11.5 Å². The van der Waals surface area contributed by atoms with Crippen LogP contribution in [0.1, 0.15) is 40.3 Å². The minimum atomic E-state index is -1.09. The second kappa shape index (κ2) is 10.5. The maximum Gasteiger partial charge on any atom is 0.324 e. The molecule has 5 rings (SSSR count). The number of methoxy groups -OCH3 is 1. The highest BCUT2D eigenvalue weighted by atomic mass is 16.5. The molecule has 3 heterocycles. The van der Waals surface area contributed by atoms with Crippen LogP contribution in [0.15, 0.2) is 60.9 Å². The first kappa shape index (κ1) is 27.4. The summed E-state index contributed by atoms with van der Waals surface area (Å²) in [5, 5.41) is 16.4. The second-order valence-corrected chi connectivity index (χ2v) is 11.0. The number of benzene rings is 2. The van der Waals surface area contributed by atoms with E-state index in [1.165, 1.54) is 13.4 Å². The molecular formula is C29H32N8O4. The molecule has 41 heavy (non-hydrogen) atoms. The Morgan fingerprint density at radius 3 is 2.51 bits per heavy atom. The number of fused-ring (bicyclic) bond motifs is 1. The summed E-state index contributed by atoms with van der Waals surface area (Å²) in [6.07, 6.45) is 1.33. The molecule has 0 radical (unpaired) electrons. The summed E-state index contributed by atoms with van der Waals surface area (Å²) in [5.74, 6) is 1.60. The summed E-state index contributed by atoms with van der Waals surface area (Å²) in [4.78, 5) is 33.7. The third-order valence-corrected chi connectivity index (χ3v) is 6.37. The Hall–Kier alpha value is -5.13. The first-order chi connectivity index (χ1) is 19.4. The zero-order valence-electron chi connectivity index (χ0n) is 23.7. The molecule has 0 saturated carbocycles. The quantitative estimate of drug-likeness (QED) is 0.245. The van der Waals surface area contributed by atoms with E-state index in [0.29, 0.717) is 34.5 Å². The molecule has 0 saturated heterocycles. The van der Waals surface area contributed by atoms with Crippen molar-refractivity contribution in [2.75, 3.05) is 28.4 Å². The Labute approximate surface area is 237 Å². The van der Waals surface area contributed by atoms with Crippen LogP contribution >= 0.6 is 0 Å². The number of anilines is 5. The molecule has 1 aliphatic heterocycles. The largest absolute Gasteiger partial charge is 0.494 e. The van der Waals surface area contributed by atoms with Crippen molar-refractivity contribution in [3.05, 3.63) is 66.6 Å². The van der Waals surface area contributed by atoms with Crippen LogP contribution in [0, 0.1) is 0 Å². The van der Waals surface area contributed by atoms with Gasteiger partial charge in [0.05, 0.1) is 24.2 Å². The van der Waals surface area contributed by atoms with Crippen molar-refractivity contribution in [2.24, 2.45) is 0 Å². The number of aromatic nitrogens is 4. The molecule has 212 valence electrons. The number of carbonyl (C=O) groups excluding carboxylic acids is 2. The molecule has 0 spiro atoms. The van der Waals surface area contributed by atoms with Gasteiger partial charge >= 0.3 is 6.03 Å². The summed E-state index contributed by atoms with van der Waals surface area (Å²) < 4.78 is 13.1. The van der Waals surface area contributed by atoms with Crippen molar-refractivity contribution in [3.8, 4) is 17.2 Å². The van der Waals surface area contributed by atoms with Crippen molar-refractivity contribution >= 4 is 40.8 Å². The first-order valence-electron chi connectivity index (χ1n) is 13.0. The summed E-state index contributed by atoms with van der Waals surface area (Å²) in [7, 11) is 1.51. The number of ether oxygens (including phenoxy) is 2. The normalized spacial score (nSPS) is 13.9. The third-order valence-electron chi connectivity index (χ3n) is 6.37. The highest BCUT2D eigenvalue weighted by molar-refractivity contribution is 6.01. The van der Waals surface area contributed by atoms with Crippen LogP contribution in [-0.4, -0.2) is 44.4 Å². The van der Waals surface area contributed by atoms with Crippen LogP contribution in [0.3, 0.4) is 0 Å². The van der Waals surface area contributed by atoms with E-state index in [2.05, 4.69) is 52.0 Å². The van der Waals surface area contributed by atoms with Gasteiger partial charge in [-0.25, -0.2) is 19.4 Å². The lowest BCUT2D eigenvalue weighted by molar-refractivity contribution is -0.129. The van der Waals surface area contributed by atoms with E-state index in [0.717, 1.165) is 11.4 Å². The molecule has 2 aromatic carbocycles. The molecule has 4 N–H and O–H groups in total. The molecule has 0 bridgehead atoms. The van der Waals surface area contributed by atoms with Gasteiger partial charge in [0, 0.05) is 23.2 Å². The van der Waals surface area contributed by atoms with Crippen molar-refractivity contribution in [3.63, 3.8) is 0 Å². The Morgan fingerprint density at radius 2 is 1.80 bits per heavy atom. The summed E-state index contributed by atoms with van der Waals surface area (Å²) in [6.45, 7) is 9.51. The van der Waals surface area contributed by atoms with E-state index in [1.54, 1.807) is 36.7 Å². The van der Waals surface area contributed by atoms with Gasteiger partial charge < -0.3 is 25.4 Å². The number of nitrogens with one attached hydrogen (secondary N) is 4. The monoisotopic (exact) mass is 556 g/mol. The van der Waals surface area contributed by atoms with Gasteiger partial charge in [-0.3, -0.25) is 10.1 Å². The zero-order chi connectivity index (χ0) is 29.4. The minimum absolute atomic E-state index is 0.214. The summed E-state index contributed by atoms with van der Waals surface area (Å²) in [5.41, 5.74) is 1.43. The molecule has 3 amide bonds. The van der Waals surface area contributed by atoms with E-state index < -0.39 is 11.6 Å². The Balaban J connectivity index is 1.35. The lowest BCUT2D eigenvalue weighted by Crippen LogP contribution is -2.46. The standard InChI is InChI=1S/C29H32N8O4/c1-28(2,3)21-15-22(37(36-21)18-10-8-7-9-11-18)34-27(39)33-19-13-12-17(14-20(19)40-6)32-24-23-25(31-16-30-24)35-26(38)29(4,5)41-23/h7-16H,1-6H3,(H2,33,34,39)(H2,30,31,32,35,38). The Bertz CT molecular complexity index is 1610. The smallest absolute Gasteiger partial charge is 0.324 e. The predicted molar refractivity (Wildman–Crippen MR) is 157 cm³/mol. The fourth-order valence-electron chi connectivity index (χ4n) is 4.09. The number of urea groups is 1. The van der Waals surface area contributed by atoms with Crippen LogP contribution in [-0.2, 0) is 10.2 Å². The first-order valence-corrected chi connectivity index (χ1v) is 13.0. The third kappa shape index (κ3) is 5.76. The molecule has 4 aromatic rings. The maximum atomic E-state index is 13.1. The Kier molecular flexibility index (Phi) is 6.99. The minimum Gasteiger partial charge on any atom is -0.494 e. The van der Waals surface area contributed by atoms with Gasteiger partial charge in [-0.15, -0.1) is 0 Å². The molecule has 1 aliphatic rings. The number of hydrogen-bond acceptors (Lipinski definition) is 8. The molecule has 0 aliphatic carbocycles. The molecule has 0 fully saturated rings. The zero-order valence-corrected chi connectivity index (χ0v) is 23.7. The van der Waals surface area contributed by atoms with Crippen LogP contribution < -0.4 is 30.7 Å². The highest BCUT2D eigenvalue weighted by Crippen LogP contribution is 2.39.